The van der Waals surface area contributed by atoms with Crippen LogP contribution in [-0.2, 0) is 4.84 Å². The van der Waals surface area contributed by atoms with Gasteiger partial charge < -0.3 is 4.84 Å². The van der Waals surface area contributed by atoms with Crippen LogP contribution in [0.2, 0.25) is 0 Å². The van der Waals surface area contributed by atoms with E-state index in [-0.39, 0.29) is 6.10 Å². The van der Waals surface area contributed by atoms with Crippen LogP contribution in [0.4, 0.5) is 0 Å². The molecule has 1 aromatic rings. The molecule has 0 N–H and O–H groups in total. The van der Waals surface area contributed by atoms with E-state index in [9.17, 15) is 0 Å². The summed E-state index contributed by atoms with van der Waals surface area (Å²) < 4.78 is 1.95. The number of oxime groups is 1. The Labute approximate surface area is 93.2 Å². The lowest BCUT2D eigenvalue weighted by atomic mass is 10.1. The van der Waals surface area contributed by atoms with Crippen molar-refractivity contribution in [2.45, 2.75) is 12.5 Å². The van der Waals surface area contributed by atoms with Crippen LogP contribution < -0.4 is 0 Å². The van der Waals surface area contributed by atoms with Crippen LogP contribution in [0.15, 0.2) is 33.9 Å². The lowest BCUT2D eigenvalue weighted by molar-refractivity contribution is 0.0858. The van der Waals surface area contributed by atoms with Gasteiger partial charge in [-0.3, -0.25) is 0 Å². The molecule has 0 bridgehead atoms. The van der Waals surface area contributed by atoms with Crippen molar-refractivity contribution in [2.75, 3.05) is 0 Å². The zero-order valence-electron chi connectivity index (χ0n) is 6.71. The van der Waals surface area contributed by atoms with E-state index in [1.807, 2.05) is 24.3 Å². The Balaban J connectivity index is 2.14. The summed E-state index contributed by atoms with van der Waals surface area (Å²) in [6.07, 6.45) is 0.893. The molecule has 1 aliphatic heterocycles. The second kappa shape index (κ2) is 3.80. The van der Waals surface area contributed by atoms with Crippen molar-refractivity contribution in [3.8, 4) is 0 Å². The molecular weight excluding hydrogens is 298 g/mol. The molecule has 68 valence electrons. The molecule has 1 aliphatic rings. The van der Waals surface area contributed by atoms with E-state index >= 15 is 0 Å². The Morgan fingerprint density at radius 1 is 1.23 bits per heavy atom. The van der Waals surface area contributed by atoms with Crippen molar-refractivity contribution < 1.29 is 4.84 Å². The Hall–Kier alpha value is -0.350. The van der Waals surface area contributed by atoms with Gasteiger partial charge in [0.05, 0.1) is 0 Å². The SMILES string of the molecule is BrC1=NO[C@H](c2ccc(Br)cc2)C1. The first kappa shape index (κ1) is 9.21. The minimum atomic E-state index is 0.0717. The van der Waals surface area contributed by atoms with E-state index in [4.69, 9.17) is 4.84 Å². The van der Waals surface area contributed by atoms with Gasteiger partial charge in [0, 0.05) is 10.9 Å². The maximum Gasteiger partial charge on any atom is 0.158 e. The maximum absolute atomic E-state index is 5.22. The van der Waals surface area contributed by atoms with Gasteiger partial charge in [-0.1, -0.05) is 33.2 Å². The lowest BCUT2D eigenvalue weighted by Gasteiger charge is -2.07. The Bertz CT molecular complexity index is 334. The second-order valence-electron chi connectivity index (χ2n) is 2.82. The fourth-order valence-corrected chi connectivity index (χ4v) is 1.85. The first-order valence-corrected chi connectivity index (χ1v) is 5.48. The Kier molecular flexibility index (Phi) is 2.69. The number of nitrogens with zero attached hydrogens (tertiary/aromatic N) is 1. The van der Waals surface area contributed by atoms with Gasteiger partial charge in [-0.2, -0.15) is 0 Å². The first-order valence-electron chi connectivity index (χ1n) is 3.89. The van der Waals surface area contributed by atoms with Crippen molar-refractivity contribution in [3.63, 3.8) is 0 Å². The summed E-state index contributed by atoms with van der Waals surface area (Å²) in [4.78, 5) is 5.22. The van der Waals surface area contributed by atoms with Crippen molar-refractivity contribution in [3.05, 3.63) is 34.3 Å². The van der Waals surface area contributed by atoms with Crippen LogP contribution in [-0.4, -0.2) is 4.62 Å². The highest BCUT2D eigenvalue weighted by atomic mass is 79.9. The monoisotopic (exact) mass is 303 g/mol. The highest BCUT2D eigenvalue weighted by Gasteiger charge is 2.20. The number of halogens is 2. The van der Waals surface area contributed by atoms with E-state index in [0.717, 1.165) is 21.1 Å². The molecule has 1 atom stereocenters. The third-order valence-corrected chi connectivity index (χ3v) is 2.87. The van der Waals surface area contributed by atoms with Crippen molar-refractivity contribution in [1.29, 1.82) is 0 Å². The van der Waals surface area contributed by atoms with Gasteiger partial charge in [0.2, 0.25) is 0 Å². The maximum atomic E-state index is 5.22. The van der Waals surface area contributed by atoms with Gasteiger partial charge in [0.15, 0.2) is 6.10 Å². The van der Waals surface area contributed by atoms with E-state index in [0.29, 0.717) is 0 Å². The molecule has 0 fully saturated rings. The second-order valence-corrected chi connectivity index (χ2v) is 4.65. The summed E-state index contributed by atoms with van der Waals surface area (Å²) in [5, 5.41) is 3.84. The molecule has 4 heteroatoms. The summed E-state index contributed by atoms with van der Waals surface area (Å²) >= 11 is 6.69. The number of hydrogen-bond acceptors (Lipinski definition) is 2. The molecule has 0 saturated heterocycles. The Morgan fingerprint density at radius 3 is 2.46 bits per heavy atom. The number of benzene rings is 1. The van der Waals surface area contributed by atoms with Crippen molar-refractivity contribution in [1.82, 2.24) is 0 Å². The van der Waals surface area contributed by atoms with E-state index in [1.165, 1.54) is 0 Å². The molecule has 2 nitrogen and oxygen atoms in total. The molecule has 0 saturated carbocycles. The first-order chi connectivity index (χ1) is 6.25. The summed E-state index contributed by atoms with van der Waals surface area (Å²) in [6.45, 7) is 0. The normalized spacial score (nSPS) is 21.1. The fourth-order valence-electron chi connectivity index (χ4n) is 1.20. The lowest BCUT2D eigenvalue weighted by Crippen LogP contribution is -1.96. The number of rotatable bonds is 1. The fraction of sp³-hybridized carbons (Fsp3) is 0.222. The molecule has 0 aliphatic carbocycles. The smallest absolute Gasteiger partial charge is 0.158 e. The van der Waals surface area contributed by atoms with Gasteiger partial charge in [-0.15, -0.1) is 0 Å². The van der Waals surface area contributed by atoms with Crippen LogP contribution in [0.3, 0.4) is 0 Å². The molecule has 1 aromatic carbocycles. The number of hydrogen-bond donors (Lipinski definition) is 0. The largest absolute Gasteiger partial charge is 0.386 e. The molecule has 0 unspecified atom stereocenters. The summed E-state index contributed by atoms with van der Waals surface area (Å²) in [5.41, 5.74) is 1.15. The highest BCUT2D eigenvalue weighted by Crippen LogP contribution is 2.29. The summed E-state index contributed by atoms with van der Waals surface area (Å²) in [5.74, 6) is 0. The zero-order valence-corrected chi connectivity index (χ0v) is 9.88. The molecule has 0 aromatic heterocycles. The minimum Gasteiger partial charge on any atom is -0.386 e. The molecule has 0 radical (unpaired) electrons. The van der Waals surface area contributed by atoms with Crippen molar-refractivity contribution in [2.24, 2.45) is 5.16 Å². The van der Waals surface area contributed by atoms with Crippen LogP contribution in [0.1, 0.15) is 18.1 Å². The van der Waals surface area contributed by atoms with Crippen LogP contribution >= 0.6 is 31.9 Å². The van der Waals surface area contributed by atoms with E-state index < -0.39 is 0 Å². The van der Waals surface area contributed by atoms with Gasteiger partial charge in [0.25, 0.3) is 0 Å². The third-order valence-electron chi connectivity index (χ3n) is 1.87. The molecule has 1 heterocycles. The summed E-state index contributed by atoms with van der Waals surface area (Å²) in [6, 6.07) is 8.08. The van der Waals surface area contributed by atoms with Crippen LogP contribution in [0.25, 0.3) is 0 Å². The zero-order chi connectivity index (χ0) is 9.26. The average molecular weight is 305 g/mol. The highest BCUT2D eigenvalue weighted by molar-refractivity contribution is 9.18. The summed E-state index contributed by atoms with van der Waals surface area (Å²) in [7, 11) is 0. The van der Waals surface area contributed by atoms with E-state index in [1.54, 1.807) is 0 Å². The molecular formula is C9H7Br2NO. The quantitative estimate of drug-likeness (QED) is 0.776. The van der Waals surface area contributed by atoms with Gasteiger partial charge in [-0.25, -0.2) is 0 Å². The third kappa shape index (κ3) is 2.11. The molecule has 13 heavy (non-hydrogen) atoms. The topological polar surface area (TPSA) is 21.6 Å². The van der Waals surface area contributed by atoms with Crippen molar-refractivity contribution >= 4 is 36.5 Å². The van der Waals surface area contributed by atoms with Gasteiger partial charge in [0.1, 0.15) is 4.62 Å². The van der Waals surface area contributed by atoms with E-state index in [2.05, 4.69) is 37.0 Å². The minimum absolute atomic E-state index is 0.0717. The average Bonchev–Trinajstić information content (AvgIpc) is 2.53. The Morgan fingerprint density at radius 2 is 1.92 bits per heavy atom. The molecule has 2 rings (SSSR count). The standard InChI is InChI=1S/C9H7Br2NO/c10-7-3-1-6(2-4-7)8-5-9(11)12-13-8/h1-4,8H,5H2/t8-/m0/s1. The predicted octanol–water partition coefficient (Wildman–Crippen LogP) is 3.62. The molecule has 0 spiro atoms. The van der Waals surface area contributed by atoms with Gasteiger partial charge in [-0.05, 0) is 33.6 Å². The molecule has 0 amide bonds. The van der Waals surface area contributed by atoms with Crippen LogP contribution in [0.5, 0.6) is 0 Å². The predicted molar refractivity (Wildman–Crippen MR) is 58.9 cm³/mol. The van der Waals surface area contributed by atoms with Crippen LogP contribution in [0, 0.1) is 0 Å². The van der Waals surface area contributed by atoms with Gasteiger partial charge >= 0.3 is 0 Å².